The van der Waals surface area contributed by atoms with Gasteiger partial charge in [-0.25, -0.2) is 0 Å². The molecule has 0 fully saturated rings. The van der Waals surface area contributed by atoms with Gasteiger partial charge in [-0.05, 0) is 13.8 Å². The number of hydrogen-bond donors (Lipinski definition) is 2. The van der Waals surface area contributed by atoms with Gasteiger partial charge in [0, 0.05) is 0 Å². The number of hydrogen-bond acceptors (Lipinski definition) is 2. The molecule has 0 aliphatic carbocycles. The second-order valence-electron chi connectivity index (χ2n) is 2.03. The van der Waals surface area contributed by atoms with Gasteiger partial charge in [-0.1, -0.05) is 0 Å². The standard InChI is InChI=1S/C4H9NO2/c1-4(2,5)3(6)7/h5H2,1-2H3,(H,6,7)/i3+2. The predicted molar refractivity (Wildman–Crippen MR) is 25.9 cm³/mol. The van der Waals surface area contributed by atoms with Crippen molar-refractivity contribution >= 4 is 5.97 Å². The van der Waals surface area contributed by atoms with E-state index in [0.717, 1.165) is 0 Å². The highest BCUT2D eigenvalue weighted by atomic mass is 16.6. The second kappa shape index (κ2) is 1.50. The van der Waals surface area contributed by atoms with E-state index in [1.54, 1.807) is 0 Å². The van der Waals surface area contributed by atoms with Crippen molar-refractivity contribution in [2.75, 3.05) is 0 Å². The fourth-order valence-electron chi connectivity index (χ4n) is 0. The van der Waals surface area contributed by atoms with Gasteiger partial charge in [0.2, 0.25) is 0 Å². The first kappa shape index (κ1) is 6.43. The Morgan fingerprint density at radius 2 is 1.86 bits per heavy atom. The molecule has 7 heavy (non-hydrogen) atoms. The van der Waals surface area contributed by atoms with Gasteiger partial charge in [-0.15, -0.1) is 0 Å². The van der Waals surface area contributed by atoms with Crippen molar-refractivity contribution in [2.45, 2.75) is 19.4 Å². The molecule has 0 aliphatic rings. The maximum Gasteiger partial charge on any atom is 0.323 e. The van der Waals surface area contributed by atoms with E-state index in [1.165, 1.54) is 13.8 Å². The van der Waals surface area contributed by atoms with E-state index in [9.17, 15) is 4.79 Å². The first-order valence-corrected chi connectivity index (χ1v) is 1.97. The molecule has 0 aliphatic heterocycles. The summed E-state index contributed by atoms with van der Waals surface area (Å²) >= 11 is 0. The number of carboxylic acid groups (broad SMARTS) is 1. The van der Waals surface area contributed by atoms with Gasteiger partial charge in [-0.2, -0.15) is 0 Å². The highest BCUT2D eigenvalue weighted by Crippen LogP contribution is 1.93. The first-order chi connectivity index (χ1) is 2.94. The molecule has 0 radical (unpaired) electrons. The van der Waals surface area contributed by atoms with Crippen LogP contribution in [0.3, 0.4) is 0 Å². The maximum atomic E-state index is 9.90. The van der Waals surface area contributed by atoms with Crippen LogP contribution >= 0.6 is 0 Å². The molecule has 0 heterocycles. The highest BCUT2D eigenvalue weighted by Gasteiger charge is 2.19. The quantitative estimate of drug-likeness (QED) is 0.485. The summed E-state index contributed by atoms with van der Waals surface area (Å²) in [5.41, 5.74) is 4.00. The number of rotatable bonds is 1. The fraction of sp³-hybridized carbons (Fsp3) is 0.750. The largest absolute Gasteiger partial charge is 0.480 e. The van der Waals surface area contributed by atoms with Crippen LogP contribution in [-0.2, 0) is 4.79 Å². The van der Waals surface area contributed by atoms with Crippen molar-refractivity contribution in [1.82, 2.24) is 0 Å². The van der Waals surface area contributed by atoms with Gasteiger partial charge >= 0.3 is 5.97 Å². The van der Waals surface area contributed by atoms with Crippen LogP contribution < -0.4 is 5.73 Å². The molecule has 0 rings (SSSR count). The second-order valence-corrected chi connectivity index (χ2v) is 2.03. The maximum absolute atomic E-state index is 9.90. The van der Waals surface area contributed by atoms with Crippen molar-refractivity contribution in [1.29, 1.82) is 0 Å². The summed E-state index contributed by atoms with van der Waals surface area (Å²) in [6, 6.07) is 0. The normalized spacial score (nSPS) is 11.3. The number of carbonyl (C=O) groups is 1. The topological polar surface area (TPSA) is 63.3 Å². The van der Waals surface area contributed by atoms with E-state index in [0.29, 0.717) is 0 Å². The smallest absolute Gasteiger partial charge is 0.323 e. The van der Waals surface area contributed by atoms with Crippen molar-refractivity contribution in [2.24, 2.45) is 5.73 Å². The number of aliphatic carboxylic acids is 1. The van der Waals surface area contributed by atoms with Crippen LogP contribution in [0.15, 0.2) is 0 Å². The molecule has 0 aromatic carbocycles. The van der Waals surface area contributed by atoms with Crippen molar-refractivity contribution in [3.05, 3.63) is 0 Å². The summed E-state index contributed by atoms with van der Waals surface area (Å²) in [7, 11) is 0. The lowest BCUT2D eigenvalue weighted by Gasteiger charge is -2.09. The molecular formula is C4H9NO2. The molecule has 42 valence electrons. The van der Waals surface area contributed by atoms with Gasteiger partial charge in [0.05, 0.1) is 0 Å². The summed E-state index contributed by atoms with van der Waals surface area (Å²) in [5, 5.41) is 8.12. The zero-order valence-electron chi connectivity index (χ0n) is 4.43. The van der Waals surface area contributed by atoms with Crippen LogP contribution in [0.5, 0.6) is 0 Å². The van der Waals surface area contributed by atoms with Crippen molar-refractivity contribution in [3.63, 3.8) is 0 Å². The van der Waals surface area contributed by atoms with Gasteiger partial charge < -0.3 is 10.8 Å². The Morgan fingerprint density at radius 1 is 1.71 bits per heavy atom. The zero-order valence-corrected chi connectivity index (χ0v) is 4.43. The summed E-state index contributed by atoms with van der Waals surface area (Å²) in [6.45, 7) is 2.88. The molecule has 0 aromatic heterocycles. The SMILES string of the molecule is CC(C)(N)[14C](=O)O. The summed E-state index contributed by atoms with van der Waals surface area (Å²) < 4.78 is 0. The Kier molecular flexibility index (Phi) is 1.38. The van der Waals surface area contributed by atoms with Crippen molar-refractivity contribution in [3.8, 4) is 0 Å². The molecule has 3 nitrogen and oxygen atoms in total. The molecule has 0 saturated carbocycles. The average Bonchev–Trinajstić information content (AvgIpc) is 1.31. The van der Waals surface area contributed by atoms with Crippen LogP contribution in [0.2, 0.25) is 0 Å². The van der Waals surface area contributed by atoms with Crippen LogP contribution in [0, 0.1) is 0 Å². The molecule has 0 amide bonds. The first-order valence-electron chi connectivity index (χ1n) is 1.97. The molecule has 3 heteroatoms. The average molecular weight is 105 g/mol. The number of carboxylic acids is 1. The lowest BCUT2D eigenvalue weighted by Crippen LogP contribution is -2.41. The van der Waals surface area contributed by atoms with E-state index < -0.39 is 11.5 Å². The predicted octanol–water partition coefficient (Wildman–Crippen LogP) is -0.192. The minimum atomic E-state index is -1.08. The Labute approximate surface area is 42.1 Å². The van der Waals surface area contributed by atoms with Crippen LogP contribution in [0.1, 0.15) is 13.8 Å². The summed E-state index contributed by atoms with van der Waals surface area (Å²) in [4.78, 5) is 9.90. The Balaban J connectivity index is 3.79. The minimum Gasteiger partial charge on any atom is -0.480 e. The molecule has 0 unspecified atom stereocenters. The number of nitrogens with two attached hydrogens (primary N) is 1. The van der Waals surface area contributed by atoms with E-state index in [-0.39, 0.29) is 0 Å². The van der Waals surface area contributed by atoms with Crippen LogP contribution in [0.25, 0.3) is 0 Å². The summed E-state index contributed by atoms with van der Waals surface area (Å²) in [6.07, 6.45) is 0. The lowest BCUT2D eigenvalue weighted by atomic mass is 10.3. The van der Waals surface area contributed by atoms with Crippen molar-refractivity contribution < 1.29 is 9.90 Å². The van der Waals surface area contributed by atoms with E-state index in [2.05, 4.69) is 0 Å². The molecule has 0 aromatic rings. The summed E-state index contributed by atoms with van der Waals surface area (Å²) in [5.74, 6) is -0.979. The van der Waals surface area contributed by atoms with Gasteiger partial charge in [0.1, 0.15) is 5.54 Å². The van der Waals surface area contributed by atoms with Gasteiger partial charge in [0.15, 0.2) is 0 Å². The Bertz CT molecular complexity index is 82.2. The molecule has 0 atom stereocenters. The van der Waals surface area contributed by atoms with E-state index in [1.807, 2.05) is 0 Å². The third-order valence-electron chi connectivity index (χ3n) is 0.551. The fourth-order valence-corrected chi connectivity index (χ4v) is 0. The molecule has 0 saturated heterocycles. The Hall–Kier alpha value is -0.570. The third kappa shape index (κ3) is 2.17. The van der Waals surface area contributed by atoms with Gasteiger partial charge in [-0.3, -0.25) is 4.79 Å². The molecule has 0 bridgehead atoms. The molecular weight excluding hydrogens is 96.0 g/mol. The highest BCUT2D eigenvalue weighted by molar-refractivity contribution is 5.77. The van der Waals surface area contributed by atoms with Gasteiger partial charge in [0.25, 0.3) is 0 Å². The van der Waals surface area contributed by atoms with E-state index >= 15 is 0 Å². The Morgan fingerprint density at radius 3 is 1.86 bits per heavy atom. The molecule has 3 N–H and O–H groups in total. The van der Waals surface area contributed by atoms with Crippen LogP contribution in [-0.4, -0.2) is 16.6 Å². The minimum absolute atomic E-state index is 0.979. The lowest BCUT2D eigenvalue weighted by molar-refractivity contribution is -0.141. The van der Waals surface area contributed by atoms with Crippen LogP contribution in [0.4, 0.5) is 0 Å². The molecule has 0 spiro atoms. The van der Waals surface area contributed by atoms with E-state index in [4.69, 9.17) is 10.8 Å². The zero-order chi connectivity index (χ0) is 6.08. The monoisotopic (exact) mass is 105 g/mol. The third-order valence-corrected chi connectivity index (χ3v) is 0.551.